The Morgan fingerprint density at radius 3 is 2.67 bits per heavy atom. The molecule has 1 saturated carbocycles. The lowest BCUT2D eigenvalue weighted by atomic mass is 9.95. The molecule has 0 atom stereocenters. The molecule has 4 aromatic rings. The highest BCUT2D eigenvalue weighted by molar-refractivity contribution is 7.99. The Morgan fingerprint density at radius 1 is 1.00 bits per heavy atom. The summed E-state index contributed by atoms with van der Waals surface area (Å²) in [5, 5.41) is 17.2. The highest BCUT2D eigenvalue weighted by atomic mass is 32.2. The summed E-state index contributed by atoms with van der Waals surface area (Å²) in [4.78, 5) is 24.5. The molecule has 0 unspecified atom stereocenters. The van der Waals surface area contributed by atoms with Gasteiger partial charge in [-0.05, 0) is 41.3 Å². The summed E-state index contributed by atoms with van der Waals surface area (Å²) < 4.78 is 7.42. The van der Waals surface area contributed by atoms with E-state index in [4.69, 9.17) is 4.42 Å². The van der Waals surface area contributed by atoms with E-state index >= 15 is 0 Å². The van der Waals surface area contributed by atoms with E-state index in [1.165, 1.54) is 53.6 Å². The number of carbonyl (C=O) groups is 2. The number of furan rings is 1. The first-order valence-electron chi connectivity index (χ1n) is 12.3. The first-order chi connectivity index (χ1) is 17.7. The zero-order chi connectivity index (χ0) is 24.7. The topological polar surface area (TPSA) is 102 Å². The number of aromatic nitrogens is 3. The van der Waals surface area contributed by atoms with Crippen molar-refractivity contribution in [3.8, 4) is 0 Å². The number of thioether (sulfide) groups is 1. The molecule has 2 aromatic heterocycles. The van der Waals surface area contributed by atoms with Crippen molar-refractivity contribution in [1.82, 2.24) is 25.4 Å². The Morgan fingerprint density at radius 2 is 1.83 bits per heavy atom. The van der Waals surface area contributed by atoms with Gasteiger partial charge in [-0.1, -0.05) is 73.5 Å². The average Bonchev–Trinajstić information content (AvgIpc) is 3.57. The highest BCUT2D eigenvalue weighted by Crippen LogP contribution is 2.33. The molecule has 0 aliphatic heterocycles. The van der Waals surface area contributed by atoms with Crippen LogP contribution in [-0.4, -0.2) is 32.5 Å². The van der Waals surface area contributed by atoms with Crippen LogP contribution in [-0.2, 0) is 17.8 Å². The number of fused-ring (bicyclic) bond motifs is 1. The van der Waals surface area contributed by atoms with Crippen LogP contribution in [0.3, 0.4) is 0 Å². The van der Waals surface area contributed by atoms with Crippen molar-refractivity contribution in [3.63, 3.8) is 0 Å². The van der Waals surface area contributed by atoms with Crippen LogP contribution in [0, 0.1) is 0 Å². The number of imide groups is 1. The molecule has 2 aromatic carbocycles. The number of rotatable bonds is 8. The average molecular weight is 504 g/mol. The Balaban J connectivity index is 1.28. The van der Waals surface area contributed by atoms with Crippen LogP contribution in [0.1, 0.15) is 55.3 Å². The van der Waals surface area contributed by atoms with Crippen LogP contribution in [0.4, 0.5) is 4.79 Å². The van der Waals surface area contributed by atoms with Crippen LogP contribution in [0.5, 0.6) is 0 Å². The molecule has 2 heterocycles. The fourth-order valence-corrected chi connectivity index (χ4v) is 5.59. The van der Waals surface area contributed by atoms with E-state index in [-0.39, 0.29) is 18.2 Å². The van der Waals surface area contributed by atoms with Gasteiger partial charge in [-0.3, -0.25) is 10.1 Å². The van der Waals surface area contributed by atoms with E-state index in [9.17, 15) is 9.59 Å². The zero-order valence-electron chi connectivity index (χ0n) is 20.0. The van der Waals surface area contributed by atoms with Crippen LogP contribution >= 0.6 is 11.8 Å². The summed E-state index contributed by atoms with van der Waals surface area (Å²) in [6.07, 6.45) is 7.97. The summed E-state index contributed by atoms with van der Waals surface area (Å²) >= 11 is 1.32. The smallest absolute Gasteiger partial charge is 0.321 e. The van der Waals surface area contributed by atoms with Gasteiger partial charge < -0.3 is 14.3 Å². The molecule has 1 fully saturated rings. The minimum absolute atomic E-state index is 0.0767. The summed E-state index contributed by atoms with van der Waals surface area (Å²) in [6.45, 7) is 0.215. The molecule has 0 spiro atoms. The van der Waals surface area contributed by atoms with Crippen LogP contribution in [0.2, 0.25) is 0 Å². The molecule has 0 saturated heterocycles. The Hall–Kier alpha value is -3.59. The molecule has 36 heavy (non-hydrogen) atoms. The Kier molecular flexibility index (Phi) is 7.66. The lowest BCUT2D eigenvalue weighted by Crippen LogP contribution is -2.39. The second kappa shape index (κ2) is 11.4. The maximum Gasteiger partial charge on any atom is 0.321 e. The molecule has 0 radical (unpaired) electrons. The number of benzene rings is 2. The fraction of sp³-hybridized carbons (Fsp3) is 0.333. The predicted molar refractivity (Wildman–Crippen MR) is 139 cm³/mol. The van der Waals surface area contributed by atoms with Crippen LogP contribution < -0.4 is 10.6 Å². The third-order valence-electron chi connectivity index (χ3n) is 6.49. The van der Waals surface area contributed by atoms with E-state index in [0.717, 1.165) is 23.8 Å². The second-order valence-corrected chi connectivity index (χ2v) is 9.92. The van der Waals surface area contributed by atoms with Gasteiger partial charge in [-0.2, -0.15) is 0 Å². The van der Waals surface area contributed by atoms with Gasteiger partial charge in [0.1, 0.15) is 11.6 Å². The van der Waals surface area contributed by atoms with Crippen molar-refractivity contribution in [2.24, 2.45) is 0 Å². The standard InChI is InChI=1S/C27H29N5O3S/c33-25(29-26(34)28-17-22-13-7-15-35-22)18-36-27-31-30-24(32(27)21-11-2-1-3-12-21)16-20-10-6-9-19-8-4-5-14-23(19)20/h4-10,13-15,21H,1-3,11-12,16-18H2,(H2,28,29,33,34). The lowest BCUT2D eigenvalue weighted by molar-refractivity contribution is -0.117. The van der Waals surface area contributed by atoms with Gasteiger partial charge in [0.15, 0.2) is 5.16 Å². The van der Waals surface area contributed by atoms with Crippen molar-refractivity contribution >= 4 is 34.5 Å². The normalized spacial score (nSPS) is 14.1. The van der Waals surface area contributed by atoms with Crippen molar-refractivity contribution in [2.75, 3.05) is 5.75 Å². The molecule has 2 N–H and O–H groups in total. The summed E-state index contributed by atoms with van der Waals surface area (Å²) in [5.74, 6) is 1.22. The summed E-state index contributed by atoms with van der Waals surface area (Å²) in [7, 11) is 0. The number of hydrogen-bond acceptors (Lipinski definition) is 6. The first-order valence-corrected chi connectivity index (χ1v) is 13.3. The number of nitrogens with zero attached hydrogens (tertiary/aromatic N) is 3. The number of carbonyl (C=O) groups excluding carboxylic acids is 2. The maximum absolute atomic E-state index is 12.4. The second-order valence-electron chi connectivity index (χ2n) is 8.97. The minimum Gasteiger partial charge on any atom is -0.467 e. The third kappa shape index (κ3) is 5.79. The molecule has 0 bridgehead atoms. The van der Waals surface area contributed by atoms with Crippen LogP contribution in [0.15, 0.2) is 70.4 Å². The van der Waals surface area contributed by atoms with Gasteiger partial charge in [-0.25, -0.2) is 4.79 Å². The third-order valence-corrected chi connectivity index (χ3v) is 7.44. The van der Waals surface area contributed by atoms with Crippen molar-refractivity contribution in [1.29, 1.82) is 0 Å². The Bertz CT molecular complexity index is 1320. The number of hydrogen-bond donors (Lipinski definition) is 2. The van der Waals surface area contributed by atoms with Crippen molar-refractivity contribution < 1.29 is 14.0 Å². The summed E-state index contributed by atoms with van der Waals surface area (Å²) in [6, 6.07) is 18.0. The molecule has 5 rings (SSSR count). The molecule has 186 valence electrons. The fourth-order valence-electron chi connectivity index (χ4n) is 4.77. The van der Waals surface area contributed by atoms with Crippen LogP contribution in [0.25, 0.3) is 10.8 Å². The molecule has 3 amide bonds. The molecule has 1 aliphatic carbocycles. The molecule has 9 heteroatoms. The van der Waals surface area contributed by atoms with Gasteiger partial charge in [0.2, 0.25) is 5.91 Å². The SMILES string of the molecule is O=C(CSc1nnc(Cc2cccc3ccccc23)n1C1CCCCC1)NC(=O)NCc1ccco1. The number of nitrogens with one attached hydrogen (secondary N) is 2. The monoisotopic (exact) mass is 503 g/mol. The Labute approximate surface area is 213 Å². The van der Waals surface area contributed by atoms with Gasteiger partial charge in [0.25, 0.3) is 0 Å². The lowest BCUT2D eigenvalue weighted by Gasteiger charge is -2.25. The molecular formula is C27H29N5O3S. The van der Waals surface area contributed by atoms with E-state index < -0.39 is 6.03 Å². The van der Waals surface area contributed by atoms with E-state index in [2.05, 4.69) is 61.8 Å². The van der Waals surface area contributed by atoms with Gasteiger partial charge in [0, 0.05) is 12.5 Å². The maximum atomic E-state index is 12.4. The summed E-state index contributed by atoms with van der Waals surface area (Å²) in [5.41, 5.74) is 1.21. The number of urea groups is 1. The van der Waals surface area contributed by atoms with E-state index in [1.807, 2.05) is 6.07 Å². The zero-order valence-corrected chi connectivity index (χ0v) is 20.8. The minimum atomic E-state index is -0.553. The van der Waals surface area contributed by atoms with Crippen molar-refractivity contribution in [3.05, 3.63) is 78.0 Å². The van der Waals surface area contributed by atoms with Gasteiger partial charge in [-0.15, -0.1) is 10.2 Å². The van der Waals surface area contributed by atoms with Gasteiger partial charge in [0.05, 0.1) is 18.6 Å². The largest absolute Gasteiger partial charge is 0.467 e. The first kappa shape index (κ1) is 24.1. The van der Waals surface area contributed by atoms with E-state index in [1.54, 1.807) is 12.1 Å². The van der Waals surface area contributed by atoms with Gasteiger partial charge >= 0.3 is 6.03 Å². The molecule has 1 aliphatic rings. The van der Waals surface area contributed by atoms with Crippen molar-refractivity contribution in [2.45, 2.75) is 56.3 Å². The predicted octanol–water partition coefficient (Wildman–Crippen LogP) is 5.24. The molecular weight excluding hydrogens is 474 g/mol. The van der Waals surface area contributed by atoms with E-state index in [0.29, 0.717) is 18.2 Å². The quantitative estimate of drug-likeness (QED) is 0.319. The molecule has 8 nitrogen and oxygen atoms in total. The highest BCUT2D eigenvalue weighted by Gasteiger charge is 2.24. The number of amides is 3.